The minimum atomic E-state index is -0.181. The highest BCUT2D eigenvalue weighted by Gasteiger charge is 2.18. The Hall–Kier alpha value is -2.79. The van der Waals surface area contributed by atoms with Crippen molar-refractivity contribution in [2.75, 3.05) is 20.3 Å². The van der Waals surface area contributed by atoms with Gasteiger partial charge in [0.25, 0.3) is 5.91 Å². The number of carbonyl (C=O) groups excluding carboxylic acids is 1. The molecule has 170 valence electrons. The highest BCUT2D eigenvalue weighted by molar-refractivity contribution is 7.98. The van der Waals surface area contributed by atoms with Crippen LogP contribution < -0.4 is 5.32 Å². The number of methoxy groups -OCH3 is 1. The second kappa shape index (κ2) is 11.4. The van der Waals surface area contributed by atoms with E-state index in [9.17, 15) is 4.79 Å². The van der Waals surface area contributed by atoms with Crippen molar-refractivity contribution >= 4 is 40.6 Å². The van der Waals surface area contributed by atoms with Crippen molar-refractivity contribution in [3.05, 3.63) is 69.9 Å². The third-order valence-electron chi connectivity index (χ3n) is 4.54. The number of ether oxygens (including phenoxy) is 1. The molecule has 4 rings (SSSR count). The van der Waals surface area contributed by atoms with E-state index in [2.05, 4.69) is 25.5 Å². The number of aromatic nitrogens is 5. The van der Waals surface area contributed by atoms with Gasteiger partial charge in [-0.1, -0.05) is 29.4 Å². The summed E-state index contributed by atoms with van der Waals surface area (Å²) in [6.45, 7) is 1.15. The van der Waals surface area contributed by atoms with Gasteiger partial charge >= 0.3 is 0 Å². The van der Waals surface area contributed by atoms with Crippen molar-refractivity contribution in [2.24, 2.45) is 0 Å². The number of thiazole rings is 1. The van der Waals surface area contributed by atoms with E-state index in [1.165, 1.54) is 23.1 Å². The Labute approximate surface area is 204 Å². The van der Waals surface area contributed by atoms with E-state index in [-0.39, 0.29) is 5.91 Å². The molecule has 33 heavy (non-hydrogen) atoms. The van der Waals surface area contributed by atoms with Crippen molar-refractivity contribution in [3.63, 3.8) is 0 Å². The predicted octanol–water partition coefficient (Wildman–Crippen LogP) is 4.50. The minimum Gasteiger partial charge on any atom is -0.385 e. The molecule has 0 unspecified atom stereocenters. The number of nitrogens with one attached hydrogen (secondary N) is 1. The molecule has 0 saturated heterocycles. The van der Waals surface area contributed by atoms with Crippen molar-refractivity contribution in [3.8, 4) is 17.1 Å². The van der Waals surface area contributed by atoms with Gasteiger partial charge in [-0.3, -0.25) is 14.3 Å². The quantitative estimate of drug-likeness (QED) is 0.253. The molecule has 0 spiro atoms. The zero-order valence-corrected chi connectivity index (χ0v) is 20.2. The number of rotatable bonds is 10. The fraction of sp³-hybridized carbons (Fsp3) is 0.227. The monoisotopic (exact) mass is 500 g/mol. The number of nitrogens with zero attached hydrogens (tertiary/aromatic N) is 5. The average molecular weight is 501 g/mol. The normalized spacial score (nSPS) is 11.0. The van der Waals surface area contributed by atoms with Gasteiger partial charge in [-0.25, -0.2) is 4.98 Å². The number of carbonyl (C=O) groups is 1. The molecule has 8 nitrogen and oxygen atoms in total. The molecule has 0 aliphatic heterocycles. The molecular weight excluding hydrogens is 480 g/mol. The van der Waals surface area contributed by atoms with Crippen molar-refractivity contribution in [2.45, 2.75) is 17.3 Å². The van der Waals surface area contributed by atoms with Crippen molar-refractivity contribution < 1.29 is 9.53 Å². The number of hydrogen-bond acceptors (Lipinski definition) is 8. The number of hydrogen-bond donors (Lipinski definition) is 1. The molecule has 0 radical (unpaired) electrons. The lowest BCUT2D eigenvalue weighted by molar-refractivity contribution is 0.0944. The first kappa shape index (κ1) is 23.4. The molecule has 1 aromatic carbocycles. The number of benzene rings is 1. The van der Waals surface area contributed by atoms with Gasteiger partial charge in [-0.05, 0) is 36.8 Å². The summed E-state index contributed by atoms with van der Waals surface area (Å²) in [5.41, 5.74) is 2.11. The molecule has 3 heterocycles. The maximum atomic E-state index is 12.3. The Bertz CT molecular complexity index is 1210. The largest absolute Gasteiger partial charge is 0.385 e. The van der Waals surface area contributed by atoms with E-state index in [4.69, 9.17) is 16.3 Å². The first-order valence-corrected chi connectivity index (χ1v) is 12.4. The third-order valence-corrected chi connectivity index (χ3v) is 6.75. The number of amides is 1. The van der Waals surface area contributed by atoms with Gasteiger partial charge in [0.1, 0.15) is 10.7 Å². The van der Waals surface area contributed by atoms with E-state index >= 15 is 0 Å². The molecule has 11 heteroatoms. The van der Waals surface area contributed by atoms with Gasteiger partial charge in [-0.2, -0.15) is 0 Å². The summed E-state index contributed by atoms with van der Waals surface area (Å²) in [7, 11) is 1.64. The van der Waals surface area contributed by atoms with Crippen LogP contribution in [0.15, 0.2) is 59.3 Å². The number of halogens is 1. The Morgan fingerprint density at radius 2 is 2.18 bits per heavy atom. The average Bonchev–Trinajstić information content (AvgIpc) is 3.48. The summed E-state index contributed by atoms with van der Waals surface area (Å²) in [5, 5.41) is 15.6. The standard InChI is InChI=1S/C22H21ClN6O2S2/c1-31-10-4-9-25-21(30)18-13-32-19(26-18)14-33-22-28-27-20(15-5-3-8-24-12-15)29(22)17-7-2-6-16(23)11-17/h2-3,5-8,11-13H,4,9-10,14H2,1H3,(H,25,30). The summed E-state index contributed by atoms with van der Waals surface area (Å²) in [6, 6.07) is 11.3. The highest BCUT2D eigenvalue weighted by Crippen LogP contribution is 2.31. The van der Waals surface area contributed by atoms with Crippen LogP contribution in [0.4, 0.5) is 0 Å². The highest BCUT2D eigenvalue weighted by atomic mass is 35.5. The second-order valence-electron chi connectivity index (χ2n) is 6.88. The Kier molecular flexibility index (Phi) is 8.05. The summed E-state index contributed by atoms with van der Waals surface area (Å²) < 4.78 is 6.94. The van der Waals surface area contributed by atoms with Gasteiger partial charge in [0.15, 0.2) is 11.0 Å². The zero-order chi connectivity index (χ0) is 23.0. The van der Waals surface area contributed by atoms with Gasteiger partial charge in [0, 0.05) is 48.6 Å². The first-order valence-electron chi connectivity index (χ1n) is 10.1. The van der Waals surface area contributed by atoms with Crippen LogP contribution in [0, 0.1) is 0 Å². The van der Waals surface area contributed by atoms with E-state index in [0.29, 0.717) is 40.6 Å². The zero-order valence-electron chi connectivity index (χ0n) is 17.8. The summed E-state index contributed by atoms with van der Waals surface area (Å²) in [4.78, 5) is 20.9. The second-order valence-corrected chi connectivity index (χ2v) is 9.20. The smallest absolute Gasteiger partial charge is 0.270 e. The molecule has 3 aromatic heterocycles. The van der Waals surface area contributed by atoms with Crippen molar-refractivity contribution in [1.29, 1.82) is 0 Å². The molecular formula is C22H21ClN6O2S2. The van der Waals surface area contributed by atoms with Crippen LogP contribution in [0.25, 0.3) is 17.1 Å². The SMILES string of the molecule is COCCCNC(=O)c1csc(CSc2nnc(-c3cccnc3)n2-c2cccc(Cl)c2)n1. The fourth-order valence-electron chi connectivity index (χ4n) is 3.01. The van der Waals surface area contributed by atoms with Crippen LogP contribution in [0.2, 0.25) is 5.02 Å². The molecule has 0 atom stereocenters. The summed E-state index contributed by atoms with van der Waals surface area (Å²) in [5.74, 6) is 1.04. The lowest BCUT2D eigenvalue weighted by Crippen LogP contribution is -2.25. The fourth-order valence-corrected chi connectivity index (χ4v) is 4.94. The molecule has 4 aromatic rings. The van der Waals surface area contributed by atoms with Crippen LogP contribution in [0.1, 0.15) is 21.9 Å². The Morgan fingerprint density at radius 1 is 1.27 bits per heavy atom. The van der Waals surface area contributed by atoms with Gasteiger partial charge in [0.2, 0.25) is 0 Å². The number of pyridine rings is 1. The topological polar surface area (TPSA) is 94.8 Å². The summed E-state index contributed by atoms with van der Waals surface area (Å²) in [6.07, 6.45) is 4.22. The predicted molar refractivity (Wildman–Crippen MR) is 130 cm³/mol. The lowest BCUT2D eigenvalue weighted by Gasteiger charge is -2.10. The Balaban J connectivity index is 1.52. The molecule has 0 aliphatic carbocycles. The molecule has 0 saturated carbocycles. The first-order chi connectivity index (χ1) is 16.2. The van der Waals surface area contributed by atoms with E-state index in [1.54, 1.807) is 24.9 Å². The van der Waals surface area contributed by atoms with E-state index < -0.39 is 0 Å². The summed E-state index contributed by atoms with van der Waals surface area (Å²) >= 11 is 9.18. The molecule has 1 N–H and O–H groups in total. The van der Waals surface area contributed by atoms with E-state index in [0.717, 1.165) is 22.7 Å². The van der Waals surface area contributed by atoms with Crippen molar-refractivity contribution in [1.82, 2.24) is 30.0 Å². The maximum Gasteiger partial charge on any atom is 0.270 e. The minimum absolute atomic E-state index is 0.181. The molecule has 0 aliphatic rings. The number of thioether (sulfide) groups is 1. The van der Waals surface area contributed by atoms with Crippen LogP contribution in [-0.4, -0.2) is 50.9 Å². The maximum absolute atomic E-state index is 12.3. The molecule has 0 fully saturated rings. The van der Waals surface area contributed by atoms with Crippen LogP contribution in [0.3, 0.4) is 0 Å². The Morgan fingerprint density at radius 3 is 2.97 bits per heavy atom. The molecule has 1 amide bonds. The van der Waals surface area contributed by atoms with Crippen LogP contribution >= 0.6 is 34.7 Å². The van der Waals surface area contributed by atoms with Crippen LogP contribution in [-0.2, 0) is 10.5 Å². The van der Waals surface area contributed by atoms with Gasteiger partial charge in [-0.15, -0.1) is 21.5 Å². The van der Waals surface area contributed by atoms with E-state index in [1.807, 2.05) is 41.0 Å². The van der Waals surface area contributed by atoms with Gasteiger partial charge in [0.05, 0.1) is 11.4 Å². The van der Waals surface area contributed by atoms with Gasteiger partial charge < -0.3 is 10.1 Å². The molecule has 0 bridgehead atoms. The lowest BCUT2D eigenvalue weighted by atomic mass is 10.2. The van der Waals surface area contributed by atoms with Crippen LogP contribution in [0.5, 0.6) is 0 Å². The third kappa shape index (κ3) is 5.97.